The van der Waals surface area contributed by atoms with E-state index in [1.54, 1.807) is 0 Å². The molecule has 0 spiro atoms. The van der Waals surface area contributed by atoms with Crippen LogP contribution in [0.2, 0.25) is 0 Å². The number of hydrogen-bond acceptors (Lipinski definition) is 0. The molecule has 2 nitrogen and oxygen atoms in total. The van der Waals surface area contributed by atoms with Gasteiger partial charge < -0.3 is 0 Å². The summed E-state index contributed by atoms with van der Waals surface area (Å²) in [7, 11) is 0. The number of hydrogen-bond donors (Lipinski definition) is 0. The summed E-state index contributed by atoms with van der Waals surface area (Å²) in [5.74, 6) is 0. The molecule has 0 aromatic carbocycles. The van der Waals surface area contributed by atoms with Crippen molar-refractivity contribution in [2.45, 2.75) is 58.4 Å². The van der Waals surface area contributed by atoms with E-state index >= 15 is 0 Å². The Morgan fingerprint density at radius 1 is 0.810 bits per heavy atom. The van der Waals surface area contributed by atoms with E-state index < -0.39 is 0 Å². The van der Waals surface area contributed by atoms with Gasteiger partial charge in [-0.3, -0.25) is 0 Å². The zero-order valence-electron chi connectivity index (χ0n) is 13.2. The summed E-state index contributed by atoms with van der Waals surface area (Å²) in [6.45, 7) is 3.41. The number of H-pyrrole nitrogens is 1. The first-order valence-electron chi connectivity index (χ1n) is 8.31. The van der Waals surface area contributed by atoms with Crippen LogP contribution in [0.15, 0.2) is 49.1 Å². The van der Waals surface area contributed by atoms with Crippen molar-refractivity contribution in [3.05, 3.63) is 60.2 Å². The van der Waals surface area contributed by atoms with E-state index in [0.29, 0.717) is 0 Å². The van der Waals surface area contributed by atoms with Crippen molar-refractivity contribution in [2.75, 3.05) is 0 Å². The van der Waals surface area contributed by atoms with Gasteiger partial charge in [0.2, 0.25) is 0 Å². The quantitative estimate of drug-likeness (QED) is 0.495. The molecule has 2 heteroatoms. The Labute approximate surface area is 128 Å². The van der Waals surface area contributed by atoms with Crippen molar-refractivity contribution in [2.24, 2.45) is 0 Å². The fourth-order valence-corrected chi connectivity index (χ4v) is 2.61. The van der Waals surface area contributed by atoms with Crippen molar-refractivity contribution in [1.29, 1.82) is 0 Å². The molecule has 21 heavy (non-hydrogen) atoms. The van der Waals surface area contributed by atoms with Crippen LogP contribution >= 0.6 is 0 Å². The van der Waals surface area contributed by atoms with E-state index in [1.165, 1.54) is 43.2 Å². The second kappa shape index (κ2) is 9.28. The predicted octanol–water partition coefficient (Wildman–Crippen LogP) is 3.54. The molecule has 1 N–H and O–H groups in total. The molecule has 2 aromatic heterocycles. The summed E-state index contributed by atoms with van der Waals surface area (Å²) < 4.78 is 2.31. The lowest BCUT2D eigenvalue weighted by molar-refractivity contribution is -0.697. The van der Waals surface area contributed by atoms with E-state index in [9.17, 15) is 0 Å². The van der Waals surface area contributed by atoms with Crippen molar-refractivity contribution in [3.8, 4) is 0 Å². The molecule has 0 amide bonds. The number of aromatic nitrogens is 2. The molecule has 0 unspecified atom stereocenters. The van der Waals surface area contributed by atoms with Crippen molar-refractivity contribution < 1.29 is 9.55 Å². The number of pyridine rings is 2. The molecule has 0 saturated heterocycles. The molecule has 0 aliphatic rings. The third kappa shape index (κ3) is 6.07. The average Bonchev–Trinajstić information content (AvgIpc) is 2.54. The first kappa shape index (κ1) is 15.7. The average molecular weight is 284 g/mol. The molecule has 0 atom stereocenters. The lowest BCUT2D eigenvalue weighted by Gasteiger charge is -2.02. The molecular weight excluding hydrogens is 256 g/mol. The zero-order valence-corrected chi connectivity index (χ0v) is 13.2. The van der Waals surface area contributed by atoms with Crippen molar-refractivity contribution >= 4 is 0 Å². The van der Waals surface area contributed by atoms with E-state index in [-0.39, 0.29) is 0 Å². The second-order valence-electron chi connectivity index (χ2n) is 5.77. The standard InChI is InChI=1S/C19H27N2/c1-2-3-4-5-15-21-16-11-19(12-17-21)8-6-7-18-9-13-20-14-10-18/h9-14,16-17H,2-8,15H2,1H3/q+1/p+1. The minimum Gasteiger partial charge on any atom is -0.218 e. The summed E-state index contributed by atoms with van der Waals surface area (Å²) in [6.07, 6.45) is 17.3. The highest BCUT2D eigenvalue weighted by molar-refractivity contribution is 5.10. The highest BCUT2D eigenvalue weighted by atomic mass is 14.9. The summed E-state index contributed by atoms with van der Waals surface area (Å²) in [6, 6.07) is 8.88. The van der Waals surface area contributed by atoms with Gasteiger partial charge in [0.15, 0.2) is 24.8 Å². The number of rotatable bonds is 9. The normalized spacial score (nSPS) is 10.7. The second-order valence-corrected chi connectivity index (χ2v) is 5.77. The smallest absolute Gasteiger partial charge is 0.169 e. The predicted molar refractivity (Wildman–Crippen MR) is 85.8 cm³/mol. The Kier molecular flexibility index (Phi) is 6.93. The van der Waals surface area contributed by atoms with Crippen LogP contribution in [0, 0.1) is 0 Å². The SMILES string of the molecule is CCCCCC[n+]1ccc(CCCc2cc[nH+]cc2)cc1. The van der Waals surface area contributed by atoms with Crippen LogP contribution < -0.4 is 9.55 Å². The highest BCUT2D eigenvalue weighted by Crippen LogP contribution is 2.06. The van der Waals surface area contributed by atoms with Gasteiger partial charge in [0.05, 0.1) is 0 Å². The van der Waals surface area contributed by atoms with Gasteiger partial charge >= 0.3 is 0 Å². The lowest BCUT2D eigenvalue weighted by atomic mass is 10.1. The van der Waals surface area contributed by atoms with Crippen molar-refractivity contribution in [1.82, 2.24) is 0 Å². The van der Waals surface area contributed by atoms with E-state index in [0.717, 1.165) is 19.4 Å². The summed E-state index contributed by atoms with van der Waals surface area (Å²) in [5, 5.41) is 0. The minimum absolute atomic E-state index is 1.15. The summed E-state index contributed by atoms with van der Waals surface area (Å²) in [5.41, 5.74) is 2.86. The molecule has 112 valence electrons. The van der Waals surface area contributed by atoms with Crippen LogP contribution in [0.5, 0.6) is 0 Å². The Morgan fingerprint density at radius 3 is 2.14 bits per heavy atom. The third-order valence-electron chi connectivity index (χ3n) is 3.95. The van der Waals surface area contributed by atoms with Crippen LogP contribution in [-0.2, 0) is 19.4 Å². The van der Waals surface area contributed by atoms with Gasteiger partial charge in [-0.1, -0.05) is 19.8 Å². The maximum atomic E-state index is 3.07. The molecule has 0 aliphatic carbocycles. The molecule has 2 rings (SSSR count). The number of unbranched alkanes of at least 4 members (excludes halogenated alkanes) is 3. The summed E-state index contributed by atoms with van der Waals surface area (Å²) in [4.78, 5) is 3.07. The van der Waals surface area contributed by atoms with Gasteiger partial charge in [-0.2, -0.15) is 0 Å². The summed E-state index contributed by atoms with van der Waals surface area (Å²) >= 11 is 0. The topological polar surface area (TPSA) is 18.0 Å². The largest absolute Gasteiger partial charge is 0.218 e. The molecule has 0 radical (unpaired) electrons. The molecule has 0 fully saturated rings. The molecule has 2 aromatic rings. The monoisotopic (exact) mass is 284 g/mol. The Hall–Kier alpha value is -1.70. The highest BCUT2D eigenvalue weighted by Gasteiger charge is 2.01. The van der Waals surface area contributed by atoms with Gasteiger partial charge in [0.25, 0.3) is 0 Å². The first-order chi connectivity index (χ1) is 10.4. The van der Waals surface area contributed by atoms with Crippen LogP contribution in [0.25, 0.3) is 0 Å². The van der Waals surface area contributed by atoms with Crippen LogP contribution in [0.4, 0.5) is 0 Å². The van der Waals surface area contributed by atoms with Gasteiger partial charge in [-0.05, 0) is 36.8 Å². The minimum atomic E-state index is 1.15. The Morgan fingerprint density at radius 2 is 1.48 bits per heavy atom. The fourth-order valence-electron chi connectivity index (χ4n) is 2.61. The molecular formula is C19H28N2+2. The maximum Gasteiger partial charge on any atom is 0.169 e. The van der Waals surface area contributed by atoms with Gasteiger partial charge in [0.1, 0.15) is 6.54 Å². The lowest BCUT2D eigenvalue weighted by Crippen LogP contribution is -2.32. The van der Waals surface area contributed by atoms with Gasteiger partial charge in [0, 0.05) is 30.7 Å². The molecule has 0 saturated carbocycles. The number of nitrogens with one attached hydrogen (secondary N) is 1. The van der Waals surface area contributed by atoms with E-state index in [4.69, 9.17) is 0 Å². The van der Waals surface area contributed by atoms with E-state index in [2.05, 4.69) is 53.1 Å². The number of aryl methyl sites for hydroxylation is 3. The third-order valence-corrected chi connectivity index (χ3v) is 3.95. The Bertz CT molecular complexity index is 491. The fraction of sp³-hybridized carbons (Fsp3) is 0.474. The molecule has 2 heterocycles. The number of nitrogens with zero attached hydrogens (tertiary/aromatic N) is 1. The van der Waals surface area contributed by atoms with Crippen LogP contribution in [0.1, 0.15) is 50.2 Å². The Balaban J connectivity index is 1.69. The van der Waals surface area contributed by atoms with Crippen molar-refractivity contribution in [3.63, 3.8) is 0 Å². The van der Waals surface area contributed by atoms with Crippen LogP contribution in [-0.4, -0.2) is 0 Å². The molecule has 0 aliphatic heterocycles. The van der Waals surface area contributed by atoms with Gasteiger partial charge in [-0.25, -0.2) is 9.55 Å². The maximum absolute atomic E-state index is 3.07. The van der Waals surface area contributed by atoms with Crippen LogP contribution in [0.3, 0.4) is 0 Å². The number of aromatic amines is 1. The van der Waals surface area contributed by atoms with Gasteiger partial charge in [-0.15, -0.1) is 0 Å². The first-order valence-corrected chi connectivity index (χ1v) is 8.31. The molecule has 0 bridgehead atoms. The van der Waals surface area contributed by atoms with E-state index in [1.807, 2.05) is 12.4 Å². The zero-order chi connectivity index (χ0) is 14.8.